The molecule has 1 aromatic rings. The number of urea groups is 1. The van der Waals surface area contributed by atoms with Gasteiger partial charge in [0.1, 0.15) is 0 Å². The highest BCUT2D eigenvalue weighted by atomic mass is 16.4. The molecule has 0 aliphatic heterocycles. The number of hydrogen-bond donors (Lipinski definition) is 2. The van der Waals surface area contributed by atoms with E-state index in [1.807, 2.05) is 20.8 Å². The number of carbonyl (C=O) groups is 2. The Balaban J connectivity index is 2.93. The van der Waals surface area contributed by atoms with Crippen LogP contribution in [0.5, 0.6) is 0 Å². The minimum Gasteiger partial charge on any atom is -0.478 e. The molecule has 0 aromatic heterocycles. The molecule has 0 aliphatic rings. The Kier molecular flexibility index (Phi) is 5.13. The second-order valence-corrected chi connectivity index (χ2v) is 5.48. The molecule has 0 unspecified atom stereocenters. The standard InChI is InChI=1S/C15H22N2O3/c1-9(2)8-17(5)15(20)16-12-6-10(3)11(4)13(7-12)14(18)19/h6-7,9H,8H2,1-5H3,(H,16,20)(H,18,19). The number of hydrogen-bond acceptors (Lipinski definition) is 2. The lowest BCUT2D eigenvalue weighted by Crippen LogP contribution is -2.34. The molecule has 0 fully saturated rings. The molecule has 1 rings (SSSR count). The number of nitrogens with one attached hydrogen (secondary N) is 1. The van der Waals surface area contributed by atoms with Crippen molar-refractivity contribution in [3.8, 4) is 0 Å². The van der Waals surface area contributed by atoms with Crippen LogP contribution in [0.4, 0.5) is 10.5 Å². The third-order valence-corrected chi connectivity index (χ3v) is 3.13. The lowest BCUT2D eigenvalue weighted by Gasteiger charge is -2.20. The van der Waals surface area contributed by atoms with Crippen LogP contribution in [0, 0.1) is 19.8 Å². The first-order valence-corrected chi connectivity index (χ1v) is 6.59. The maximum Gasteiger partial charge on any atom is 0.336 e. The van der Waals surface area contributed by atoms with Crippen LogP contribution >= 0.6 is 0 Å². The zero-order valence-corrected chi connectivity index (χ0v) is 12.7. The Morgan fingerprint density at radius 1 is 1.30 bits per heavy atom. The van der Waals surface area contributed by atoms with E-state index in [0.29, 0.717) is 23.7 Å². The first-order chi connectivity index (χ1) is 9.22. The predicted molar refractivity (Wildman–Crippen MR) is 79.4 cm³/mol. The van der Waals surface area contributed by atoms with Crippen LogP contribution < -0.4 is 5.32 Å². The first kappa shape index (κ1) is 16.0. The van der Waals surface area contributed by atoms with Crippen LogP contribution in [0.25, 0.3) is 0 Å². The fourth-order valence-electron chi connectivity index (χ4n) is 2.00. The molecule has 2 N–H and O–H groups in total. The molecule has 110 valence electrons. The molecular formula is C15H22N2O3. The van der Waals surface area contributed by atoms with Crippen molar-refractivity contribution in [3.05, 3.63) is 28.8 Å². The Morgan fingerprint density at radius 2 is 1.90 bits per heavy atom. The van der Waals surface area contributed by atoms with E-state index in [0.717, 1.165) is 5.56 Å². The monoisotopic (exact) mass is 278 g/mol. The third-order valence-electron chi connectivity index (χ3n) is 3.13. The molecule has 0 bridgehead atoms. The summed E-state index contributed by atoms with van der Waals surface area (Å²) in [5.74, 6) is -0.614. The number of nitrogens with zero attached hydrogens (tertiary/aromatic N) is 1. The summed E-state index contributed by atoms with van der Waals surface area (Å²) in [6.45, 7) is 8.29. The third kappa shape index (κ3) is 3.98. The summed E-state index contributed by atoms with van der Waals surface area (Å²) < 4.78 is 0. The minimum atomic E-state index is -0.989. The summed E-state index contributed by atoms with van der Waals surface area (Å²) in [4.78, 5) is 24.7. The van der Waals surface area contributed by atoms with E-state index >= 15 is 0 Å². The average Bonchev–Trinajstić information content (AvgIpc) is 2.32. The van der Waals surface area contributed by atoms with E-state index in [-0.39, 0.29) is 11.6 Å². The molecule has 0 radical (unpaired) electrons. The molecule has 0 spiro atoms. The SMILES string of the molecule is Cc1cc(NC(=O)N(C)CC(C)C)cc(C(=O)O)c1C. The number of rotatable bonds is 4. The van der Waals surface area contributed by atoms with Crippen LogP contribution in [-0.2, 0) is 0 Å². The van der Waals surface area contributed by atoms with Crippen LogP contribution in [0.1, 0.15) is 35.3 Å². The Labute approximate surface area is 119 Å². The number of aromatic carboxylic acids is 1. The topological polar surface area (TPSA) is 69.6 Å². The Hall–Kier alpha value is -2.04. The molecule has 0 saturated carbocycles. The van der Waals surface area contributed by atoms with Gasteiger partial charge in [-0.25, -0.2) is 9.59 Å². The molecule has 0 atom stereocenters. The van der Waals surface area contributed by atoms with Crippen LogP contribution in [0.2, 0.25) is 0 Å². The van der Waals surface area contributed by atoms with E-state index in [4.69, 9.17) is 5.11 Å². The summed E-state index contributed by atoms with van der Waals surface area (Å²) in [5, 5.41) is 11.9. The van der Waals surface area contributed by atoms with Crippen molar-refractivity contribution in [1.29, 1.82) is 0 Å². The maximum atomic E-state index is 12.0. The molecular weight excluding hydrogens is 256 g/mol. The van der Waals surface area contributed by atoms with Gasteiger partial charge in [0.15, 0.2) is 0 Å². The van der Waals surface area contributed by atoms with Gasteiger partial charge in [0, 0.05) is 19.3 Å². The average molecular weight is 278 g/mol. The predicted octanol–water partition coefficient (Wildman–Crippen LogP) is 3.12. The number of carboxylic acid groups (broad SMARTS) is 1. The van der Waals surface area contributed by atoms with Gasteiger partial charge in [-0.2, -0.15) is 0 Å². The van der Waals surface area contributed by atoms with Gasteiger partial charge in [-0.3, -0.25) is 0 Å². The summed E-state index contributed by atoms with van der Waals surface area (Å²) in [5.41, 5.74) is 2.27. The van der Waals surface area contributed by atoms with Crippen molar-refractivity contribution < 1.29 is 14.7 Å². The molecule has 20 heavy (non-hydrogen) atoms. The van der Waals surface area contributed by atoms with Gasteiger partial charge in [-0.15, -0.1) is 0 Å². The largest absolute Gasteiger partial charge is 0.478 e. The van der Waals surface area contributed by atoms with Gasteiger partial charge in [0.25, 0.3) is 0 Å². The lowest BCUT2D eigenvalue weighted by atomic mass is 10.0. The second-order valence-electron chi connectivity index (χ2n) is 5.48. The number of amides is 2. The summed E-state index contributed by atoms with van der Waals surface area (Å²) in [7, 11) is 1.72. The van der Waals surface area contributed by atoms with E-state index in [9.17, 15) is 9.59 Å². The highest BCUT2D eigenvalue weighted by Crippen LogP contribution is 2.20. The minimum absolute atomic E-state index is 0.215. The second kappa shape index (κ2) is 6.41. The van der Waals surface area contributed by atoms with E-state index in [1.165, 1.54) is 6.07 Å². The van der Waals surface area contributed by atoms with Crippen molar-refractivity contribution >= 4 is 17.7 Å². The van der Waals surface area contributed by atoms with Crippen LogP contribution in [-0.4, -0.2) is 35.6 Å². The van der Waals surface area contributed by atoms with Gasteiger partial charge in [0.05, 0.1) is 5.56 Å². The Bertz CT molecular complexity index is 524. The van der Waals surface area contributed by atoms with Crippen molar-refractivity contribution in [1.82, 2.24) is 4.90 Å². The van der Waals surface area contributed by atoms with E-state index < -0.39 is 5.97 Å². The van der Waals surface area contributed by atoms with Crippen LogP contribution in [0.15, 0.2) is 12.1 Å². The van der Waals surface area contributed by atoms with Gasteiger partial charge >= 0.3 is 12.0 Å². The number of carbonyl (C=O) groups excluding carboxylic acids is 1. The van der Waals surface area contributed by atoms with Gasteiger partial charge in [-0.1, -0.05) is 13.8 Å². The lowest BCUT2D eigenvalue weighted by molar-refractivity contribution is 0.0696. The van der Waals surface area contributed by atoms with Crippen molar-refractivity contribution in [2.24, 2.45) is 5.92 Å². The molecule has 5 heteroatoms. The maximum absolute atomic E-state index is 12.0. The zero-order chi connectivity index (χ0) is 15.4. The molecule has 5 nitrogen and oxygen atoms in total. The van der Waals surface area contributed by atoms with E-state index in [1.54, 1.807) is 24.9 Å². The van der Waals surface area contributed by atoms with Gasteiger partial charge in [0.2, 0.25) is 0 Å². The van der Waals surface area contributed by atoms with E-state index in [2.05, 4.69) is 5.32 Å². The number of aryl methyl sites for hydroxylation is 1. The fraction of sp³-hybridized carbons (Fsp3) is 0.467. The Morgan fingerprint density at radius 3 is 2.40 bits per heavy atom. The van der Waals surface area contributed by atoms with Crippen molar-refractivity contribution in [3.63, 3.8) is 0 Å². The zero-order valence-electron chi connectivity index (χ0n) is 12.7. The molecule has 0 aliphatic carbocycles. The molecule has 2 amide bonds. The normalized spacial score (nSPS) is 10.5. The quantitative estimate of drug-likeness (QED) is 0.889. The number of carboxylic acids is 1. The van der Waals surface area contributed by atoms with Gasteiger partial charge in [-0.05, 0) is 43.0 Å². The highest BCUT2D eigenvalue weighted by Gasteiger charge is 2.14. The van der Waals surface area contributed by atoms with Crippen molar-refractivity contribution in [2.45, 2.75) is 27.7 Å². The summed E-state index contributed by atoms with van der Waals surface area (Å²) >= 11 is 0. The van der Waals surface area contributed by atoms with Crippen LogP contribution in [0.3, 0.4) is 0 Å². The fourth-order valence-corrected chi connectivity index (χ4v) is 2.00. The smallest absolute Gasteiger partial charge is 0.336 e. The summed E-state index contributed by atoms with van der Waals surface area (Å²) in [6, 6.07) is 3.03. The molecule has 1 aromatic carbocycles. The highest BCUT2D eigenvalue weighted by molar-refractivity contribution is 5.94. The first-order valence-electron chi connectivity index (χ1n) is 6.59. The van der Waals surface area contributed by atoms with Gasteiger partial charge < -0.3 is 15.3 Å². The van der Waals surface area contributed by atoms with Crippen molar-refractivity contribution in [2.75, 3.05) is 18.9 Å². The molecule has 0 saturated heterocycles. The summed E-state index contributed by atoms with van der Waals surface area (Å²) in [6.07, 6.45) is 0. The number of benzene rings is 1. The number of anilines is 1. The molecule has 0 heterocycles.